The summed E-state index contributed by atoms with van der Waals surface area (Å²) in [5, 5.41) is 57.1. The minimum Gasteiger partial charge on any atom is -0.505 e. The molecule has 0 radical (unpaired) electrons. The summed E-state index contributed by atoms with van der Waals surface area (Å²) >= 11 is 23.6. The Hall–Kier alpha value is -9.73. The van der Waals surface area contributed by atoms with Crippen molar-refractivity contribution in [2.45, 2.75) is 58.4 Å². The van der Waals surface area contributed by atoms with Crippen molar-refractivity contribution in [1.82, 2.24) is 40.3 Å². The van der Waals surface area contributed by atoms with Gasteiger partial charge in [-0.05, 0) is 152 Å². The highest BCUT2D eigenvalue weighted by Crippen LogP contribution is 2.26. The van der Waals surface area contributed by atoms with E-state index in [2.05, 4.69) is 33.2 Å². The first-order valence-electron chi connectivity index (χ1n) is 29.3. The lowest BCUT2D eigenvalue weighted by atomic mass is 10.0. The number of aliphatic hydroxyl groups is 1. The molecule has 0 bridgehead atoms. The third-order valence-electron chi connectivity index (χ3n) is 14.3. The molecule has 3 aromatic heterocycles. The van der Waals surface area contributed by atoms with E-state index in [1.165, 1.54) is 77.7 Å². The lowest BCUT2D eigenvalue weighted by Gasteiger charge is -2.15. The van der Waals surface area contributed by atoms with E-state index >= 15 is 0 Å². The quantitative estimate of drug-likeness (QED) is 0.0321. The maximum Gasteiger partial charge on any atom is 0.293 e. The Morgan fingerprint density at radius 3 is 1.58 bits per heavy atom. The van der Waals surface area contributed by atoms with Crippen LogP contribution in [0.5, 0.6) is 23.0 Å². The van der Waals surface area contributed by atoms with Crippen LogP contribution >= 0.6 is 46.4 Å². The Morgan fingerprint density at radius 1 is 0.548 bits per heavy atom. The minimum atomic E-state index is -0.597. The number of dihydropyridines is 1. The van der Waals surface area contributed by atoms with Gasteiger partial charge in [0.15, 0.2) is 23.0 Å². The summed E-state index contributed by atoms with van der Waals surface area (Å²) in [5.41, 5.74) is 2.88. The number of nitrogens with zero attached hydrogens (tertiary/aromatic N) is 3. The number of hydrogen-bond acceptors (Lipinski definition) is 13. The first-order chi connectivity index (χ1) is 44.3. The Labute approximate surface area is 557 Å². The van der Waals surface area contributed by atoms with Gasteiger partial charge in [0.2, 0.25) is 0 Å². The number of pyridine rings is 3. The monoisotopic (exact) mass is 1340 g/mol. The van der Waals surface area contributed by atoms with Gasteiger partial charge >= 0.3 is 0 Å². The van der Waals surface area contributed by atoms with E-state index in [9.17, 15) is 54.0 Å². The van der Waals surface area contributed by atoms with E-state index in [0.29, 0.717) is 58.4 Å². The predicted molar refractivity (Wildman–Crippen MR) is 364 cm³/mol. The van der Waals surface area contributed by atoms with Gasteiger partial charge in [0.25, 0.3) is 40.3 Å². The van der Waals surface area contributed by atoms with Gasteiger partial charge < -0.3 is 65.4 Å². The SMILES string of the molecule is C=C1NC=CC(C(=O)NCCCc2ccc(Cl)c(Cl)c2)=C1O.CC(NC(=O)c1ccn(C)c(=O)c1O)c1ccc2ccccc2c1.Cc1cccc(OCCCNC(=O)c2ccn(C)c(=O)c2O)c1.Cn1ccc(C(=O)NCCCCc2ccc(Cl)c(Cl)c2)c(O)c1=O. The van der Waals surface area contributed by atoms with Crippen molar-refractivity contribution in [1.29, 1.82) is 0 Å². The number of aryl methyl sites for hydroxylation is 6. The number of carbonyl (C=O) groups excluding carboxylic acids is 4. The second-order valence-corrected chi connectivity index (χ2v) is 23.0. The van der Waals surface area contributed by atoms with Gasteiger partial charge in [-0.3, -0.25) is 33.6 Å². The summed E-state index contributed by atoms with van der Waals surface area (Å²) < 4.78 is 9.22. The molecule has 24 heteroatoms. The van der Waals surface area contributed by atoms with E-state index in [1.807, 2.05) is 105 Å². The van der Waals surface area contributed by atoms with E-state index in [1.54, 1.807) is 18.3 Å². The summed E-state index contributed by atoms with van der Waals surface area (Å²) in [7, 11) is 4.53. The van der Waals surface area contributed by atoms with Gasteiger partial charge in [-0.25, -0.2) is 0 Å². The van der Waals surface area contributed by atoms with Crippen LogP contribution in [-0.4, -0.2) is 84.0 Å². The van der Waals surface area contributed by atoms with E-state index in [-0.39, 0.29) is 40.0 Å². The highest BCUT2D eigenvalue weighted by atomic mass is 35.5. The summed E-state index contributed by atoms with van der Waals surface area (Å²) in [5.74, 6) is -2.70. The number of hydrogen-bond donors (Lipinski definition) is 9. The maximum atomic E-state index is 12.4. The Bertz CT molecular complexity index is 4280. The number of halogens is 4. The fourth-order valence-corrected chi connectivity index (χ4v) is 9.59. The number of rotatable bonds is 20. The number of nitrogens with one attached hydrogen (secondary N) is 5. The fraction of sp³-hybridized carbons (Fsp3) is 0.232. The number of ether oxygens (including phenoxy) is 1. The highest BCUT2D eigenvalue weighted by molar-refractivity contribution is 6.42. The molecular formula is C69H72Cl4N8O12. The van der Waals surface area contributed by atoms with Gasteiger partial charge in [0.05, 0.1) is 60.7 Å². The largest absolute Gasteiger partial charge is 0.505 e. The van der Waals surface area contributed by atoms with E-state index in [4.69, 9.17) is 51.1 Å². The third kappa shape index (κ3) is 21.2. The van der Waals surface area contributed by atoms with Gasteiger partial charge in [-0.2, -0.15) is 0 Å². The average molecular weight is 1350 g/mol. The van der Waals surface area contributed by atoms with Crippen LogP contribution in [0.15, 0.2) is 190 Å². The van der Waals surface area contributed by atoms with Gasteiger partial charge in [-0.1, -0.05) is 114 Å². The minimum absolute atomic E-state index is 0.0115. The number of fused-ring (bicyclic) bond motifs is 1. The third-order valence-corrected chi connectivity index (χ3v) is 15.8. The summed E-state index contributed by atoms with van der Waals surface area (Å²) in [6, 6.07) is 36.7. The highest BCUT2D eigenvalue weighted by Gasteiger charge is 2.20. The average Bonchev–Trinajstić information content (AvgIpc) is 1.34. The van der Waals surface area contributed by atoms with Crippen molar-refractivity contribution in [3.8, 4) is 23.0 Å². The van der Waals surface area contributed by atoms with Crippen molar-refractivity contribution < 1.29 is 44.3 Å². The number of aliphatic hydroxyl groups excluding tert-OH is 1. The second kappa shape index (κ2) is 35.2. The molecule has 5 aromatic carbocycles. The van der Waals surface area contributed by atoms with Crippen LogP contribution in [-0.2, 0) is 38.8 Å². The van der Waals surface area contributed by atoms with Crippen LogP contribution in [0.2, 0.25) is 20.1 Å². The number of benzene rings is 5. The molecule has 1 aliphatic rings. The molecule has 1 atom stereocenters. The number of amides is 4. The van der Waals surface area contributed by atoms with Crippen molar-refractivity contribution in [2.75, 3.05) is 26.2 Å². The van der Waals surface area contributed by atoms with Crippen molar-refractivity contribution in [3.63, 3.8) is 0 Å². The molecule has 0 fully saturated rings. The molecule has 9 rings (SSSR count). The number of aromatic nitrogens is 3. The molecule has 1 aliphatic heterocycles. The van der Waals surface area contributed by atoms with Crippen LogP contribution in [0, 0.1) is 6.92 Å². The summed E-state index contributed by atoms with van der Waals surface area (Å²) in [6.07, 6.45) is 12.0. The molecule has 1 unspecified atom stereocenters. The molecular weight excluding hydrogens is 1270 g/mol. The lowest BCUT2D eigenvalue weighted by Crippen LogP contribution is -2.28. The molecule has 4 amide bonds. The van der Waals surface area contributed by atoms with Gasteiger partial charge in [-0.15, -0.1) is 0 Å². The normalized spacial score (nSPS) is 11.7. The zero-order valence-electron chi connectivity index (χ0n) is 51.7. The summed E-state index contributed by atoms with van der Waals surface area (Å²) in [6.45, 7) is 9.25. The van der Waals surface area contributed by atoms with Crippen LogP contribution in [0.3, 0.4) is 0 Å². The molecule has 0 spiro atoms. The first kappa shape index (κ1) is 72.3. The van der Waals surface area contributed by atoms with Crippen LogP contribution in [0.4, 0.5) is 0 Å². The molecule has 0 aliphatic carbocycles. The number of aromatic hydroxyl groups is 3. The Morgan fingerprint density at radius 2 is 1.04 bits per heavy atom. The van der Waals surface area contributed by atoms with Crippen molar-refractivity contribution in [3.05, 3.63) is 266 Å². The molecule has 4 heterocycles. The molecule has 20 nitrogen and oxygen atoms in total. The molecule has 488 valence electrons. The van der Waals surface area contributed by atoms with E-state index in [0.717, 1.165) is 70.9 Å². The first-order valence-corrected chi connectivity index (χ1v) is 30.8. The second-order valence-electron chi connectivity index (χ2n) is 21.3. The number of carbonyl (C=O) groups is 4. The standard InChI is InChI=1S/C19H18N2O3.C17H18Cl2N2O3.C17H20N2O4.C16H16Cl2N2O2/c1-12(14-8-7-13-5-3-4-6-15(13)11-14)20-18(23)16-9-10-21(2)19(24)17(16)22;1-21-9-7-12(15(22)17(21)24)16(23)20-8-3-2-4-11-5-6-13(18)14(19)10-11;1-12-5-3-6-13(11-12)23-10-4-8-18-16(21)14-7-9-19(2)17(22)15(14)20;1-10-15(21)12(6-8-19-10)16(22)20-7-2-3-11-4-5-13(17)14(18)9-11/h3-12,22H,1-2H3,(H,20,23);5-7,9-10,22H,2-4,8H2,1H3,(H,20,23);3,5-7,9,11,20H,4,8,10H2,1-2H3,(H,18,21);4-6,8-9,19,21H,1-3,7H2,(H,20,22). The Balaban J connectivity index is 0.000000197. The lowest BCUT2D eigenvalue weighted by molar-refractivity contribution is -0.117. The smallest absolute Gasteiger partial charge is 0.293 e. The zero-order chi connectivity index (χ0) is 67.9. The van der Waals surface area contributed by atoms with E-state index < -0.39 is 51.6 Å². The molecule has 8 aromatic rings. The van der Waals surface area contributed by atoms with Crippen LogP contribution in [0.1, 0.15) is 92.0 Å². The maximum absolute atomic E-state index is 12.4. The van der Waals surface area contributed by atoms with Crippen molar-refractivity contribution >= 4 is 80.8 Å². The predicted octanol–water partition coefficient (Wildman–Crippen LogP) is 11.0. The zero-order valence-corrected chi connectivity index (χ0v) is 54.7. The Kier molecular flexibility index (Phi) is 27.4. The van der Waals surface area contributed by atoms with Crippen LogP contribution < -0.4 is 48.0 Å². The molecule has 0 saturated carbocycles. The summed E-state index contributed by atoms with van der Waals surface area (Å²) in [4.78, 5) is 83.2. The van der Waals surface area contributed by atoms with Crippen molar-refractivity contribution in [2.24, 2.45) is 21.1 Å². The molecule has 93 heavy (non-hydrogen) atoms. The van der Waals surface area contributed by atoms with Crippen LogP contribution in [0.25, 0.3) is 10.8 Å². The number of unbranched alkanes of at least 4 members (excludes halogenated alkanes) is 1. The van der Waals surface area contributed by atoms with Gasteiger partial charge in [0, 0.05) is 65.6 Å². The molecule has 0 saturated heterocycles. The fourth-order valence-electron chi connectivity index (χ4n) is 8.94. The topological polar surface area (TPSA) is 285 Å². The van der Waals surface area contributed by atoms with Gasteiger partial charge in [0.1, 0.15) is 5.75 Å². The molecule has 9 N–H and O–H groups in total.